The number of carbonyl (C=O) groups excluding carboxylic acids is 1. The van der Waals surface area contributed by atoms with E-state index >= 15 is 0 Å². The zero-order valence-corrected chi connectivity index (χ0v) is 15.4. The molecule has 0 N–H and O–H groups in total. The number of hydrogen-bond acceptors (Lipinski definition) is 3. The Balaban J connectivity index is 3.12. The Morgan fingerprint density at radius 1 is 1.38 bits per heavy atom. The predicted molar refractivity (Wildman–Crippen MR) is 88.2 cm³/mol. The van der Waals surface area contributed by atoms with Gasteiger partial charge in [0.2, 0.25) is 0 Å². The summed E-state index contributed by atoms with van der Waals surface area (Å²) in [5.41, 5.74) is 0.322. The highest BCUT2D eigenvalue weighted by molar-refractivity contribution is 9.10. The molecule has 0 radical (unpaired) electrons. The van der Waals surface area contributed by atoms with Gasteiger partial charge in [-0.25, -0.2) is 8.42 Å². The van der Waals surface area contributed by atoms with Crippen LogP contribution < -0.4 is 0 Å². The van der Waals surface area contributed by atoms with Crippen molar-refractivity contribution in [3.63, 3.8) is 0 Å². The van der Waals surface area contributed by atoms with Gasteiger partial charge in [-0.05, 0) is 47.0 Å². The van der Waals surface area contributed by atoms with E-state index in [2.05, 4.69) is 29.8 Å². The van der Waals surface area contributed by atoms with E-state index < -0.39 is 9.05 Å². The molecule has 0 fully saturated rings. The normalized spacial score (nSPS) is 13.0. The first-order valence-electron chi connectivity index (χ1n) is 6.74. The van der Waals surface area contributed by atoms with Crippen LogP contribution in [0.4, 0.5) is 0 Å². The fourth-order valence-corrected chi connectivity index (χ4v) is 3.98. The quantitative estimate of drug-likeness (QED) is 0.686. The van der Waals surface area contributed by atoms with Gasteiger partial charge in [-0.1, -0.05) is 20.3 Å². The highest BCUT2D eigenvalue weighted by Gasteiger charge is 2.21. The maximum Gasteiger partial charge on any atom is 0.262 e. The molecule has 21 heavy (non-hydrogen) atoms. The van der Waals surface area contributed by atoms with Crippen molar-refractivity contribution in [2.45, 2.75) is 32.1 Å². The van der Waals surface area contributed by atoms with Gasteiger partial charge in [0.15, 0.2) is 0 Å². The van der Waals surface area contributed by atoms with Gasteiger partial charge in [0.25, 0.3) is 15.0 Å². The van der Waals surface area contributed by atoms with Gasteiger partial charge in [0, 0.05) is 33.8 Å². The van der Waals surface area contributed by atoms with Gasteiger partial charge in [0.05, 0.1) is 4.90 Å². The van der Waals surface area contributed by atoms with Gasteiger partial charge in [-0.3, -0.25) is 4.79 Å². The van der Waals surface area contributed by atoms with E-state index in [0.29, 0.717) is 29.0 Å². The topological polar surface area (TPSA) is 54.5 Å². The lowest BCUT2D eigenvalue weighted by molar-refractivity contribution is 0.0740. The fraction of sp³-hybridized carbons (Fsp3) is 0.500. The van der Waals surface area contributed by atoms with E-state index in [1.165, 1.54) is 12.1 Å². The highest BCUT2D eigenvalue weighted by Crippen LogP contribution is 2.26. The SMILES string of the molecule is CCC(C)CN(CC)C(=O)c1ccc(Br)c(S(=O)(=O)Cl)c1. The molecule has 0 heterocycles. The van der Waals surface area contributed by atoms with E-state index in [4.69, 9.17) is 10.7 Å². The van der Waals surface area contributed by atoms with Gasteiger partial charge in [-0.15, -0.1) is 0 Å². The summed E-state index contributed by atoms with van der Waals surface area (Å²) >= 11 is 3.13. The third-order valence-corrected chi connectivity index (χ3v) is 5.65. The second-order valence-electron chi connectivity index (χ2n) is 4.94. The summed E-state index contributed by atoms with van der Waals surface area (Å²) < 4.78 is 23.4. The zero-order valence-electron chi connectivity index (χ0n) is 12.3. The van der Waals surface area contributed by atoms with Crippen LogP contribution in [0.3, 0.4) is 0 Å². The zero-order chi connectivity index (χ0) is 16.2. The van der Waals surface area contributed by atoms with Crippen molar-refractivity contribution in [1.29, 1.82) is 0 Å². The molecular weight excluding hydrogens is 378 g/mol. The molecule has 0 spiro atoms. The Bertz CT molecular complexity index is 619. The maximum absolute atomic E-state index is 12.5. The van der Waals surface area contributed by atoms with Crippen LogP contribution in [0.15, 0.2) is 27.6 Å². The number of rotatable bonds is 6. The monoisotopic (exact) mass is 395 g/mol. The molecular formula is C14H19BrClNO3S. The van der Waals surface area contributed by atoms with Crippen LogP contribution in [0.2, 0.25) is 0 Å². The molecule has 0 saturated carbocycles. The van der Waals surface area contributed by atoms with Crippen molar-refractivity contribution < 1.29 is 13.2 Å². The molecule has 1 aromatic carbocycles. The smallest absolute Gasteiger partial charge is 0.262 e. The number of hydrogen-bond donors (Lipinski definition) is 0. The lowest BCUT2D eigenvalue weighted by Crippen LogP contribution is -2.34. The Morgan fingerprint density at radius 2 is 2.00 bits per heavy atom. The second-order valence-corrected chi connectivity index (χ2v) is 8.33. The van der Waals surface area contributed by atoms with Crippen molar-refractivity contribution in [2.75, 3.05) is 13.1 Å². The molecule has 1 atom stereocenters. The first kappa shape index (κ1) is 18.5. The molecule has 1 amide bonds. The molecule has 7 heteroatoms. The lowest BCUT2D eigenvalue weighted by atomic mass is 10.1. The molecule has 0 aliphatic rings. The molecule has 0 aromatic heterocycles. The van der Waals surface area contributed by atoms with Crippen molar-refractivity contribution in [3.8, 4) is 0 Å². The van der Waals surface area contributed by atoms with Crippen molar-refractivity contribution in [2.24, 2.45) is 5.92 Å². The first-order chi connectivity index (χ1) is 9.70. The van der Waals surface area contributed by atoms with Gasteiger partial charge in [0.1, 0.15) is 0 Å². The van der Waals surface area contributed by atoms with Crippen LogP contribution >= 0.6 is 26.6 Å². The number of amides is 1. The summed E-state index contributed by atoms with van der Waals surface area (Å²) in [6.45, 7) is 7.26. The van der Waals surface area contributed by atoms with Gasteiger partial charge < -0.3 is 4.90 Å². The van der Waals surface area contributed by atoms with E-state index in [-0.39, 0.29) is 10.8 Å². The Hall–Kier alpha value is -0.590. The van der Waals surface area contributed by atoms with E-state index in [1.54, 1.807) is 11.0 Å². The van der Waals surface area contributed by atoms with Crippen LogP contribution in [0.1, 0.15) is 37.6 Å². The number of halogens is 2. The Kier molecular flexibility index (Phi) is 6.69. The number of carbonyl (C=O) groups is 1. The van der Waals surface area contributed by atoms with Crippen LogP contribution in [-0.4, -0.2) is 32.3 Å². The van der Waals surface area contributed by atoms with E-state index in [9.17, 15) is 13.2 Å². The Labute approximate surface area is 139 Å². The van der Waals surface area contributed by atoms with Crippen LogP contribution in [0, 0.1) is 5.92 Å². The molecule has 0 aliphatic heterocycles. The van der Waals surface area contributed by atoms with Gasteiger partial charge in [-0.2, -0.15) is 0 Å². The number of benzene rings is 1. The maximum atomic E-state index is 12.5. The van der Waals surface area contributed by atoms with E-state index in [1.807, 2.05) is 6.92 Å². The molecule has 0 aliphatic carbocycles. The first-order valence-corrected chi connectivity index (χ1v) is 9.84. The largest absolute Gasteiger partial charge is 0.339 e. The minimum absolute atomic E-state index is 0.0883. The predicted octanol–water partition coefficient (Wildman–Crippen LogP) is 3.88. The minimum Gasteiger partial charge on any atom is -0.339 e. The minimum atomic E-state index is -3.90. The summed E-state index contributed by atoms with van der Waals surface area (Å²) in [6, 6.07) is 4.44. The molecule has 4 nitrogen and oxygen atoms in total. The number of nitrogens with zero attached hydrogens (tertiary/aromatic N) is 1. The third-order valence-electron chi connectivity index (χ3n) is 3.34. The summed E-state index contributed by atoms with van der Waals surface area (Å²) in [4.78, 5) is 14.1. The van der Waals surface area contributed by atoms with Gasteiger partial charge >= 0.3 is 0 Å². The molecule has 0 bridgehead atoms. The molecule has 118 valence electrons. The van der Waals surface area contributed by atoms with Crippen LogP contribution in [-0.2, 0) is 9.05 Å². The van der Waals surface area contributed by atoms with Crippen molar-refractivity contribution in [1.82, 2.24) is 4.90 Å². The average molecular weight is 397 g/mol. The summed E-state index contributed by atoms with van der Waals surface area (Å²) in [5, 5.41) is 0. The van der Waals surface area contributed by atoms with E-state index in [0.717, 1.165) is 6.42 Å². The average Bonchev–Trinajstić information content (AvgIpc) is 2.42. The van der Waals surface area contributed by atoms with Crippen LogP contribution in [0.25, 0.3) is 0 Å². The lowest BCUT2D eigenvalue weighted by Gasteiger charge is -2.24. The van der Waals surface area contributed by atoms with Crippen LogP contribution in [0.5, 0.6) is 0 Å². The van der Waals surface area contributed by atoms with Crippen molar-refractivity contribution >= 4 is 41.6 Å². The molecule has 1 unspecified atom stereocenters. The Morgan fingerprint density at radius 3 is 2.48 bits per heavy atom. The summed E-state index contributed by atoms with van der Waals surface area (Å²) in [5.74, 6) is 0.201. The molecule has 1 rings (SSSR count). The fourth-order valence-electron chi connectivity index (χ4n) is 1.87. The second kappa shape index (κ2) is 7.61. The summed E-state index contributed by atoms with van der Waals surface area (Å²) in [7, 11) is 1.48. The summed E-state index contributed by atoms with van der Waals surface area (Å²) in [6.07, 6.45) is 0.978. The third kappa shape index (κ3) is 4.97. The standard InChI is InChI=1S/C14H19BrClNO3S/c1-4-10(3)9-17(5-2)14(18)11-6-7-12(15)13(8-11)21(16,19)20/h6-8,10H,4-5,9H2,1-3H3. The van der Waals surface area contributed by atoms with Crippen molar-refractivity contribution in [3.05, 3.63) is 28.2 Å². The highest BCUT2D eigenvalue weighted by atomic mass is 79.9. The molecule has 0 saturated heterocycles. The molecule has 1 aromatic rings.